The number of hydrogen-bond donors (Lipinski definition) is 1. The van der Waals surface area contributed by atoms with Crippen molar-refractivity contribution < 1.29 is 9.90 Å². The number of carbonyl (C=O) groups excluding carboxylic acids is 1. The number of benzene rings is 1. The summed E-state index contributed by atoms with van der Waals surface area (Å²) in [4.78, 5) is 13.7. The van der Waals surface area contributed by atoms with Crippen molar-refractivity contribution >= 4 is 17.5 Å². The second kappa shape index (κ2) is 7.30. The van der Waals surface area contributed by atoms with E-state index in [1.165, 1.54) is 0 Å². The average molecular weight is 256 g/mol. The Kier molecular flexibility index (Phi) is 6.01. The number of likely N-dealkylation sites (N-methyl/N-ethyl adjacent to an activating group) is 1. The number of carbonyl (C=O) groups is 1. The zero-order valence-corrected chi connectivity index (χ0v) is 10.8. The van der Waals surface area contributed by atoms with Crippen LogP contribution < -0.4 is 0 Å². The van der Waals surface area contributed by atoms with Crippen LogP contribution in [0.4, 0.5) is 0 Å². The van der Waals surface area contributed by atoms with Gasteiger partial charge < -0.3 is 10.0 Å². The molecule has 1 N–H and O–H groups in total. The molecule has 0 saturated carbocycles. The number of amides is 1. The molecule has 0 saturated heterocycles. The lowest BCUT2D eigenvalue weighted by Crippen LogP contribution is -2.33. The van der Waals surface area contributed by atoms with Crippen LogP contribution in [0.15, 0.2) is 24.3 Å². The van der Waals surface area contributed by atoms with Crippen LogP contribution in [-0.2, 0) is 11.2 Å². The third-order valence-electron chi connectivity index (χ3n) is 2.59. The quantitative estimate of drug-likeness (QED) is 0.846. The lowest BCUT2D eigenvalue weighted by molar-refractivity contribution is -0.130. The van der Waals surface area contributed by atoms with Crippen LogP contribution in [-0.4, -0.2) is 35.6 Å². The molecule has 3 nitrogen and oxygen atoms in total. The molecule has 1 aromatic carbocycles. The largest absolute Gasteiger partial charge is 0.396 e. The van der Waals surface area contributed by atoms with E-state index in [2.05, 4.69) is 0 Å². The van der Waals surface area contributed by atoms with Gasteiger partial charge in [0.25, 0.3) is 0 Å². The average Bonchev–Trinajstić information content (AvgIpc) is 2.33. The van der Waals surface area contributed by atoms with Gasteiger partial charge in [0.1, 0.15) is 0 Å². The van der Waals surface area contributed by atoms with E-state index < -0.39 is 0 Å². The van der Waals surface area contributed by atoms with Gasteiger partial charge in [-0.1, -0.05) is 23.7 Å². The summed E-state index contributed by atoms with van der Waals surface area (Å²) in [5.74, 6) is 0.0864. The van der Waals surface area contributed by atoms with E-state index >= 15 is 0 Å². The topological polar surface area (TPSA) is 40.5 Å². The zero-order valence-electron chi connectivity index (χ0n) is 10.0. The van der Waals surface area contributed by atoms with Gasteiger partial charge in [-0.2, -0.15) is 0 Å². The first kappa shape index (κ1) is 14.0. The molecule has 0 aliphatic rings. The number of aliphatic hydroxyl groups is 1. The minimum absolute atomic E-state index is 0.0864. The standard InChI is InChI=1S/C13H18ClNO2/c1-2-15(8-3-9-16)13(17)10-11-4-6-12(14)7-5-11/h4-7,16H,2-3,8-10H2,1H3. The van der Waals surface area contributed by atoms with Crippen molar-refractivity contribution in [2.75, 3.05) is 19.7 Å². The molecule has 4 heteroatoms. The highest BCUT2D eigenvalue weighted by Crippen LogP contribution is 2.10. The molecule has 0 radical (unpaired) electrons. The molecular weight excluding hydrogens is 238 g/mol. The van der Waals surface area contributed by atoms with Gasteiger partial charge >= 0.3 is 0 Å². The van der Waals surface area contributed by atoms with Crippen LogP contribution in [0.5, 0.6) is 0 Å². The van der Waals surface area contributed by atoms with Gasteiger partial charge in [0.05, 0.1) is 6.42 Å². The van der Waals surface area contributed by atoms with E-state index in [0.29, 0.717) is 31.0 Å². The summed E-state index contributed by atoms with van der Waals surface area (Å²) in [6.07, 6.45) is 1.01. The van der Waals surface area contributed by atoms with Gasteiger partial charge in [-0.15, -0.1) is 0 Å². The number of rotatable bonds is 6. The first-order valence-electron chi connectivity index (χ1n) is 5.80. The van der Waals surface area contributed by atoms with Gasteiger partial charge in [-0.3, -0.25) is 4.79 Å². The second-order valence-corrected chi connectivity index (χ2v) is 4.29. The summed E-state index contributed by atoms with van der Waals surface area (Å²) in [7, 11) is 0. The van der Waals surface area contributed by atoms with Crippen molar-refractivity contribution in [1.29, 1.82) is 0 Å². The molecule has 94 valence electrons. The lowest BCUT2D eigenvalue weighted by Gasteiger charge is -2.20. The molecule has 0 unspecified atom stereocenters. The molecule has 0 aromatic heterocycles. The van der Waals surface area contributed by atoms with Crippen molar-refractivity contribution in [2.45, 2.75) is 19.8 Å². The molecule has 0 aliphatic carbocycles. The van der Waals surface area contributed by atoms with Gasteiger partial charge in [0, 0.05) is 24.7 Å². The Labute approximate surface area is 107 Å². The summed E-state index contributed by atoms with van der Waals surface area (Å²) >= 11 is 5.78. The fourth-order valence-electron chi connectivity index (χ4n) is 1.61. The predicted molar refractivity (Wildman–Crippen MR) is 69.1 cm³/mol. The van der Waals surface area contributed by atoms with Crippen molar-refractivity contribution in [2.24, 2.45) is 0 Å². The number of aliphatic hydroxyl groups excluding tert-OH is 1. The number of halogens is 1. The molecular formula is C13H18ClNO2. The smallest absolute Gasteiger partial charge is 0.226 e. The van der Waals surface area contributed by atoms with E-state index in [0.717, 1.165) is 5.56 Å². The van der Waals surface area contributed by atoms with Crippen molar-refractivity contribution in [3.05, 3.63) is 34.9 Å². The lowest BCUT2D eigenvalue weighted by atomic mass is 10.1. The van der Waals surface area contributed by atoms with Crippen LogP contribution in [0.3, 0.4) is 0 Å². The summed E-state index contributed by atoms with van der Waals surface area (Å²) in [6.45, 7) is 3.34. The summed E-state index contributed by atoms with van der Waals surface area (Å²) in [5.41, 5.74) is 0.960. The first-order chi connectivity index (χ1) is 8.17. The maximum Gasteiger partial charge on any atom is 0.226 e. The van der Waals surface area contributed by atoms with E-state index in [4.69, 9.17) is 16.7 Å². The fraction of sp³-hybridized carbons (Fsp3) is 0.462. The molecule has 1 amide bonds. The SMILES string of the molecule is CCN(CCCO)C(=O)Cc1ccc(Cl)cc1. The van der Waals surface area contributed by atoms with Gasteiger partial charge in [-0.25, -0.2) is 0 Å². The van der Waals surface area contributed by atoms with Crippen molar-refractivity contribution in [1.82, 2.24) is 4.90 Å². The summed E-state index contributed by atoms with van der Waals surface area (Å²) in [6, 6.07) is 7.29. The van der Waals surface area contributed by atoms with Crippen LogP contribution in [0.2, 0.25) is 5.02 Å². The Morgan fingerprint density at radius 1 is 1.35 bits per heavy atom. The highest BCUT2D eigenvalue weighted by molar-refractivity contribution is 6.30. The predicted octanol–water partition coefficient (Wildman–Crippen LogP) is 2.11. The Bertz CT molecular complexity index is 351. The van der Waals surface area contributed by atoms with Gasteiger partial charge in [-0.05, 0) is 31.0 Å². The van der Waals surface area contributed by atoms with E-state index in [9.17, 15) is 4.79 Å². The first-order valence-corrected chi connectivity index (χ1v) is 6.18. The number of hydrogen-bond acceptors (Lipinski definition) is 2. The Morgan fingerprint density at radius 2 is 2.00 bits per heavy atom. The highest BCUT2D eigenvalue weighted by atomic mass is 35.5. The molecule has 0 bridgehead atoms. The monoisotopic (exact) mass is 255 g/mol. The Balaban J connectivity index is 2.54. The third-order valence-corrected chi connectivity index (χ3v) is 2.84. The number of nitrogens with zero attached hydrogens (tertiary/aromatic N) is 1. The highest BCUT2D eigenvalue weighted by Gasteiger charge is 2.11. The van der Waals surface area contributed by atoms with E-state index in [1.807, 2.05) is 19.1 Å². The summed E-state index contributed by atoms with van der Waals surface area (Å²) in [5, 5.41) is 9.43. The normalized spacial score (nSPS) is 10.3. The maximum absolute atomic E-state index is 11.9. The molecule has 0 atom stereocenters. The Morgan fingerprint density at radius 3 is 2.53 bits per heavy atom. The zero-order chi connectivity index (χ0) is 12.7. The van der Waals surface area contributed by atoms with E-state index in [1.54, 1.807) is 17.0 Å². The molecule has 1 aromatic rings. The van der Waals surface area contributed by atoms with Crippen LogP contribution in [0.1, 0.15) is 18.9 Å². The third kappa shape index (κ3) is 4.75. The van der Waals surface area contributed by atoms with Crippen molar-refractivity contribution in [3.8, 4) is 0 Å². The molecule has 1 rings (SSSR count). The Hall–Kier alpha value is -1.06. The molecule has 0 spiro atoms. The fourth-order valence-corrected chi connectivity index (χ4v) is 1.74. The van der Waals surface area contributed by atoms with E-state index in [-0.39, 0.29) is 12.5 Å². The van der Waals surface area contributed by atoms with Crippen LogP contribution in [0.25, 0.3) is 0 Å². The van der Waals surface area contributed by atoms with Crippen LogP contribution in [0, 0.1) is 0 Å². The van der Waals surface area contributed by atoms with Crippen LogP contribution >= 0.6 is 11.6 Å². The minimum atomic E-state index is 0.0864. The molecule has 17 heavy (non-hydrogen) atoms. The molecule has 0 aliphatic heterocycles. The summed E-state index contributed by atoms with van der Waals surface area (Å²) < 4.78 is 0. The molecule has 0 heterocycles. The molecule has 0 fully saturated rings. The second-order valence-electron chi connectivity index (χ2n) is 3.85. The maximum atomic E-state index is 11.9. The minimum Gasteiger partial charge on any atom is -0.396 e. The van der Waals surface area contributed by atoms with Crippen molar-refractivity contribution in [3.63, 3.8) is 0 Å². The van der Waals surface area contributed by atoms with Gasteiger partial charge in [0.2, 0.25) is 5.91 Å². The van der Waals surface area contributed by atoms with Gasteiger partial charge in [0.15, 0.2) is 0 Å².